The number of hydrogen-bond donors (Lipinski definition) is 1. The molecule has 0 bridgehead atoms. The van der Waals surface area contributed by atoms with Crippen LogP contribution in [0, 0.1) is 5.92 Å². The molecule has 0 aliphatic carbocycles. The Kier molecular flexibility index (Phi) is 2.30. The fourth-order valence-corrected chi connectivity index (χ4v) is 1.04. The molecule has 0 spiro atoms. The molecule has 3 N–H and O–H groups in total. The van der Waals surface area contributed by atoms with Crippen molar-refractivity contribution in [3.8, 4) is 0 Å². The van der Waals surface area contributed by atoms with Crippen LogP contribution in [0.2, 0.25) is 0 Å². The summed E-state index contributed by atoms with van der Waals surface area (Å²) in [7, 11) is 0. The van der Waals surface area contributed by atoms with Crippen LogP contribution < -0.4 is 5.73 Å². The van der Waals surface area contributed by atoms with Crippen LogP contribution in [0.1, 0.15) is 12.8 Å². The number of ether oxygens (including phenoxy) is 1. The molecule has 1 heterocycles. The van der Waals surface area contributed by atoms with Crippen LogP contribution in [0.3, 0.4) is 0 Å². The van der Waals surface area contributed by atoms with E-state index in [1.165, 1.54) is 12.8 Å². The van der Waals surface area contributed by atoms with Crippen molar-refractivity contribution < 1.29 is 10.5 Å². The molecule has 48 valence electrons. The Bertz CT molecular complexity index is 59.5. The lowest BCUT2D eigenvalue weighted by molar-refractivity contribution is -0.382. The van der Waals surface area contributed by atoms with E-state index in [9.17, 15) is 0 Å². The van der Waals surface area contributed by atoms with Crippen LogP contribution in [0.15, 0.2) is 0 Å². The molecule has 0 aromatic rings. The van der Waals surface area contributed by atoms with E-state index in [1.54, 1.807) is 0 Å². The molecule has 0 amide bonds. The first kappa shape index (κ1) is 6.05. The van der Waals surface area contributed by atoms with Gasteiger partial charge in [0.1, 0.15) is 0 Å². The van der Waals surface area contributed by atoms with Crippen molar-refractivity contribution in [3.05, 3.63) is 0 Å². The van der Waals surface area contributed by atoms with Crippen LogP contribution in [-0.4, -0.2) is 19.8 Å². The second kappa shape index (κ2) is 3.05. The highest BCUT2D eigenvalue weighted by molar-refractivity contribution is 4.59. The molecule has 1 atom stereocenters. The highest BCUT2D eigenvalue weighted by atomic mass is 16.5. The Balaban J connectivity index is 2.13. The van der Waals surface area contributed by atoms with E-state index in [2.05, 4.69) is 5.73 Å². The highest BCUT2D eigenvalue weighted by Gasteiger charge is 2.12. The lowest BCUT2D eigenvalue weighted by Gasteiger charge is -2.17. The molecule has 1 saturated heterocycles. The normalized spacial score (nSPS) is 30.4. The zero-order valence-corrected chi connectivity index (χ0v) is 5.23. The molecule has 1 aliphatic heterocycles. The van der Waals surface area contributed by atoms with Crippen LogP contribution in [-0.2, 0) is 4.74 Å². The molecule has 2 heteroatoms. The number of quaternary nitrogens is 1. The van der Waals surface area contributed by atoms with Crippen molar-refractivity contribution in [3.63, 3.8) is 0 Å². The largest absolute Gasteiger partial charge is 0.381 e. The maximum atomic E-state index is 5.23. The first-order chi connectivity index (χ1) is 3.93. The Morgan fingerprint density at radius 2 is 2.50 bits per heavy atom. The van der Waals surface area contributed by atoms with E-state index in [-0.39, 0.29) is 0 Å². The summed E-state index contributed by atoms with van der Waals surface area (Å²) in [5.41, 5.74) is 3.83. The minimum atomic E-state index is 0.753. The van der Waals surface area contributed by atoms with Gasteiger partial charge in [-0.15, -0.1) is 0 Å². The van der Waals surface area contributed by atoms with E-state index in [0.717, 1.165) is 25.7 Å². The standard InChI is InChI=1S/C6H13NO/c7-4-6-2-1-3-8-5-6/h6H,1-5,7H2/p+1/t6-/m0/s1. The zero-order valence-electron chi connectivity index (χ0n) is 5.23. The third kappa shape index (κ3) is 1.46. The van der Waals surface area contributed by atoms with Crippen molar-refractivity contribution in [1.29, 1.82) is 0 Å². The molecule has 0 radical (unpaired) electrons. The molecule has 0 aromatic carbocycles. The Hall–Kier alpha value is -0.0800. The molecule has 0 aromatic heterocycles. The third-order valence-corrected chi connectivity index (χ3v) is 1.66. The fourth-order valence-electron chi connectivity index (χ4n) is 1.04. The zero-order chi connectivity index (χ0) is 5.82. The van der Waals surface area contributed by atoms with Crippen molar-refractivity contribution in [2.24, 2.45) is 5.92 Å². The summed E-state index contributed by atoms with van der Waals surface area (Å²) >= 11 is 0. The van der Waals surface area contributed by atoms with Crippen molar-refractivity contribution in [1.82, 2.24) is 0 Å². The van der Waals surface area contributed by atoms with Crippen LogP contribution in [0.4, 0.5) is 0 Å². The van der Waals surface area contributed by atoms with Crippen molar-refractivity contribution in [2.45, 2.75) is 12.8 Å². The van der Waals surface area contributed by atoms with Gasteiger partial charge in [0, 0.05) is 12.5 Å². The predicted molar refractivity (Wildman–Crippen MR) is 31.3 cm³/mol. The summed E-state index contributed by atoms with van der Waals surface area (Å²) < 4.78 is 5.23. The number of rotatable bonds is 1. The Morgan fingerprint density at radius 3 is 2.88 bits per heavy atom. The van der Waals surface area contributed by atoms with Crippen molar-refractivity contribution in [2.75, 3.05) is 19.8 Å². The van der Waals surface area contributed by atoms with Gasteiger partial charge < -0.3 is 10.5 Å². The monoisotopic (exact) mass is 116 g/mol. The van der Waals surface area contributed by atoms with Gasteiger partial charge in [-0.25, -0.2) is 0 Å². The van der Waals surface area contributed by atoms with E-state index in [0.29, 0.717) is 0 Å². The SMILES string of the molecule is [NH3+]C[C@@H]1CCCOC1. The highest BCUT2D eigenvalue weighted by Crippen LogP contribution is 2.10. The minimum absolute atomic E-state index is 0.753. The average molecular weight is 116 g/mol. The molecule has 0 unspecified atom stereocenters. The van der Waals surface area contributed by atoms with Gasteiger partial charge in [0.15, 0.2) is 0 Å². The van der Waals surface area contributed by atoms with Gasteiger partial charge in [0.25, 0.3) is 0 Å². The van der Waals surface area contributed by atoms with Gasteiger partial charge in [-0.1, -0.05) is 0 Å². The van der Waals surface area contributed by atoms with Gasteiger partial charge in [-0.3, -0.25) is 0 Å². The first-order valence-electron chi connectivity index (χ1n) is 3.30. The fraction of sp³-hybridized carbons (Fsp3) is 1.00. The summed E-state index contributed by atoms with van der Waals surface area (Å²) in [5, 5.41) is 0. The third-order valence-electron chi connectivity index (χ3n) is 1.66. The molecule has 1 fully saturated rings. The van der Waals surface area contributed by atoms with Gasteiger partial charge in [0.05, 0.1) is 13.2 Å². The van der Waals surface area contributed by atoms with E-state index >= 15 is 0 Å². The molecule has 1 rings (SSSR count). The smallest absolute Gasteiger partial charge is 0.0790 e. The summed E-state index contributed by atoms with van der Waals surface area (Å²) in [4.78, 5) is 0. The second-order valence-corrected chi connectivity index (χ2v) is 2.37. The molecule has 1 aliphatic rings. The minimum Gasteiger partial charge on any atom is -0.381 e. The average Bonchev–Trinajstić information content (AvgIpc) is 1.90. The Labute approximate surface area is 50.0 Å². The summed E-state index contributed by atoms with van der Waals surface area (Å²) in [6.07, 6.45) is 2.56. The van der Waals surface area contributed by atoms with Gasteiger partial charge >= 0.3 is 0 Å². The van der Waals surface area contributed by atoms with E-state index in [1.807, 2.05) is 0 Å². The second-order valence-electron chi connectivity index (χ2n) is 2.37. The summed E-state index contributed by atoms with van der Waals surface area (Å²) in [6, 6.07) is 0. The number of hydrogen-bond acceptors (Lipinski definition) is 1. The van der Waals surface area contributed by atoms with Gasteiger partial charge in [0.2, 0.25) is 0 Å². The molecule has 0 saturated carbocycles. The maximum Gasteiger partial charge on any atom is 0.0790 e. The molecular weight excluding hydrogens is 102 g/mol. The van der Waals surface area contributed by atoms with Gasteiger partial charge in [-0.05, 0) is 12.8 Å². The van der Waals surface area contributed by atoms with E-state index < -0.39 is 0 Å². The first-order valence-corrected chi connectivity index (χ1v) is 3.30. The lowest BCUT2D eigenvalue weighted by Crippen LogP contribution is -2.55. The summed E-state index contributed by atoms with van der Waals surface area (Å²) in [6.45, 7) is 2.96. The molecule has 8 heavy (non-hydrogen) atoms. The lowest BCUT2D eigenvalue weighted by atomic mass is 10.0. The van der Waals surface area contributed by atoms with Crippen LogP contribution in [0.25, 0.3) is 0 Å². The van der Waals surface area contributed by atoms with Crippen LogP contribution in [0.5, 0.6) is 0 Å². The van der Waals surface area contributed by atoms with Crippen LogP contribution >= 0.6 is 0 Å². The predicted octanol–water partition coefficient (Wildman–Crippen LogP) is -0.345. The van der Waals surface area contributed by atoms with E-state index in [4.69, 9.17) is 4.74 Å². The van der Waals surface area contributed by atoms with Crippen molar-refractivity contribution >= 4 is 0 Å². The summed E-state index contributed by atoms with van der Waals surface area (Å²) in [5.74, 6) is 0.753. The quantitative estimate of drug-likeness (QED) is 0.499. The topological polar surface area (TPSA) is 36.9 Å². The Morgan fingerprint density at radius 1 is 1.62 bits per heavy atom. The maximum absolute atomic E-state index is 5.23. The van der Waals surface area contributed by atoms with Gasteiger partial charge in [-0.2, -0.15) is 0 Å². The molecule has 2 nitrogen and oxygen atoms in total. The molecular formula is C6H14NO+.